The maximum absolute atomic E-state index is 9.74. The zero-order chi connectivity index (χ0) is 12.9. The quantitative estimate of drug-likeness (QED) is 0.671. The van der Waals surface area contributed by atoms with Gasteiger partial charge >= 0.3 is 6.16 Å². The predicted molar refractivity (Wildman–Crippen MR) is 68.4 cm³/mol. The maximum atomic E-state index is 9.74. The molecule has 17 heavy (non-hydrogen) atoms. The van der Waals surface area contributed by atoms with Gasteiger partial charge in [0, 0.05) is 6.61 Å². The minimum atomic E-state index is -0.657. The minimum Gasteiger partial charge on any atom is -0.438 e. The first-order chi connectivity index (χ1) is 8.20. The van der Waals surface area contributed by atoms with Crippen molar-refractivity contribution >= 4 is 17.5 Å². The average molecular weight is 260 g/mol. The fourth-order valence-corrected chi connectivity index (χ4v) is 1.50. The van der Waals surface area contributed by atoms with Crippen LogP contribution >= 0.6 is 11.3 Å². The second kappa shape index (κ2) is 11.4. The Morgan fingerprint density at radius 1 is 1.29 bits per heavy atom. The number of hydrogen-bond acceptors (Lipinski definition) is 5. The standard InChI is InChI=1S/C5H10O.C4H4S.C3H6O3/c1-5-3-2-4-6-5;1-2-4-5-3-1;1-5-3(4)6-2/h5H,2-4H2,1H3;1-4H;1-2H3. The molecule has 0 N–H and O–H groups in total. The van der Waals surface area contributed by atoms with Crippen molar-refractivity contribution in [3.05, 3.63) is 22.9 Å². The summed E-state index contributed by atoms with van der Waals surface area (Å²) in [5.41, 5.74) is 0. The van der Waals surface area contributed by atoms with Gasteiger partial charge < -0.3 is 14.2 Å². The molecule has 0 aliphatic carbocycles. The molecule has 0 radical (unpaired) electrons. The van der Waals surface area contributed by atoms with Crippen LogP contribution in [0, 0.1) is 0 Å². The highest BCUT2D eigenvalue weighted by Crippen LogP contribution is 2.09. The van der Waals surface area contributed by atoms with E-state index in [1.54, 1.807) is 11.3 Å². The van der Waals surface area contributed by atoms with E-state index >= 15 is 0 Å². The minimum absolute atomic E-state index is 0.546. The van der Waals surface area contributed by atoms with Gasteiger partial charge in [0.15, 0.2) is 0 Å². The van der Waals surface area contributed by atoms with Crippen LogP contribution in [0.1, 0.15) is 19.8 Å². The molecule has 1 unspecified atom stereocenters. The van der Waals surface area contributed by atoms with Crippen LogP contribution in [0.15, 0.2) is 22.9 Å². The second-order valence-electron chi connectivity index (χ2n) is 3.28. The van der Waals surface area contributed by atoms with Gasteiger partial charge in [0.2, 0.25) is 0 Å². The van der Waals surface area contributed by atoms with E-state index in [0.717, 1.165) is 6.61 Å². The molecule has 0 aromatic carbocycles. The molecule has 1 aromatic heterocycles. The SMILES string of the molecule is CC1CCCO1.COC(=O)OC.c1ccsc1. The lowest BCUT2D eigenvalue weighted by molar-refractivity contribution is 0.0924. The lowest BCUT2D eigenvalue weighted by Crippen LogP contribution is -1.97. The number of rotatable bonds is 0. The fourth-order valence-electron chi connectivity index (χ4n) is 1.05. The van der Waals surface area contributed by atoms with Gasteiger partial charge in [0.05, 0.1) is 20.3 Å². The molecule has 0 amide bonds. The van der Waals surface area contributed by atoms with Gasteiger partial charge in [0.25, 0.3) is 0 Å². The van der Waals surface area contributed by atoms with Crippen LogP contribution in [0.5, 0.6) is 0 Å². The summed E-state index contributed by atoms with van der Waals surface area (Å²) in [4.78, 5) is 9.74. The summed E-state index contributed by atoms with van der Waals surface area (Å²) in [7, 11) is 2.51. The Balaban J connectivity index is 0.000000227. The van der Waals surface area contributed by atoms with E-state index in [2.05, 4.69) is 16.4 Å². The highest BCUT2D eigenvalue weighted by molar-refractivity contribution is 7.07. The summed E-state index contributed by atoms with van der Waals surface area (Å²) in [5, 5.41) is 4.08. The Morgan fingerprint density at radius 3 is 2.00 bits per heavy atom. The van der Waals surface area contributed by atoms with Crippen molar-refractivity contribution in [1.29, 1.82) is 0 Å². The monoisotopic (exact) mass is 260 g/mol. The Hall–Kier alpha value is -1.07. The van der Waals surface area contributed by atoms with Crippen LogP contribution < -0.4 is 0 Å². The first-order valence-electron chi connectivity index (χ1n) is 5.41. The number of thiophene rings is 1. The van der Waals surface area contributed by atoms with E-state index < -0.39 is 6.16 Å². The lowest BCUT2D eigenvalue weighted by atomic mass is 10.3. The Labute approximate surface area is 106 Å². The maximum Gasteiger partial charge on any atom is 0.507 e. The van der Waals surface area contributed by atoms with Crippen molar-refractivity contribution < 1.29 is 19.0 Å². The summed E-state index contributed by atoms with van der Waals surface area (Å²) < 4.78 is 13.2. The van der Waals surface area contributed by atoms with Crippen LogP contribution in [0.4, 0.5) is 4.79 Å². The number of ether oxygens (including phenoxy) is 3. The first-order valence-corrected chi connectivity index (χ1v) is 6.35. The van der Waals surface area contributed by atoms with E-state index in [9.17, 15) is 4.79 Å². The molecule has 5 heteroatoms. The van der Waals surface area contributed by atoms with Gasteiger partial charge in [-0.2, -0.15) is 11.3 Å². The third kappa shape index (κ3) is 11.2. The van der Waals surface area contributed by atoms with Crippen LogP contribution in [-0.2, 0) is 14.2 Å². The van der Waals surface area contributed by atoms with E-state index in [1.807, 2.05) is 22.9 Å². The number of carbonyl (C=O) groups is 1. The Bertz CT molecular complexity index is 232. The predicted octanol–water partition coefficient (Wildman–Crippen LogP) is 3.33. The fraction of sp³-hybridized carbons (Fsp3) is 0.583. The zero-order valence-corrected chi connectivity index (χ0v) is 11.4. The summed E-state index contributed by atoms with van der Waals surface area (Å²) in [6, 6.07) is 4.04. The van der Waals surface area contributed by atoms with Crippen LogP contribution in [-0.4, -0.2) is 33.1 Å². The molecule has 1 aromatic rings. The molecular formula is C12H20O4S. The molecule has 2 heterocycles. The molecule has 0 spiro atoms. The van der Waals surface area contributed by atoms with Crippen LogP contribution in [0.25, 0.3) is 0 Å². The summed E-state index contributed by atoms with van der Waals surface area (Å²) in [5.74, 6) is 0. The first kappa shape index (κ1) is 15.9. The topological polar surface area (TPSA) is 44.8 Å². The third-order valence-corrected chi connectivity index (χ3v) is 2.54. The highest BCUT2D eigenvalue weighted by atomic mass is 32.1. The molecule has 0 bridgehead atoms. The van der Waals surface area contributed by atoms with Crippen molar-refractivity contribution in [2.45, 2.75) is 25.9 Å². The molecular weight excluding hydrogens is 240 g/mol. The largest absolute Gasteiger partial charge is 0.507 e. The summed E-state index contributed by atoms with van der Waals surface area (Å²) >= 11 is 1.71. The highest BCUT2D eigenvalue weighted by Gasteiger charge is 2.07. The lowest BCUT2D eigenvalue weighted by Gasteiger charge is -1.94. The van der Waals surface area contributed by atoms with Gasteiger partial charge in [-0.25, -0.2) is 4.79 Å². The molecule has 1 fully saturated rings. The van der Waals surface area contributed by atoms with Crippen molar-refractivity contribution in [3.63, 3.8) is 0 Å². The van der Waals surface area contributed by atoms with Crippen LogP contribution in [0.2, 0.25) is 0 Å². The summed E-state index contributed by atoms with van der Waals surface area (Å²) in [6.07, 6.45) is 2.42. The van der Waals surface area contributed by atoms with Gasteiger partial charge in [-0.05, 0) is 30.5 Å². The number of methoxy groups -OCH3 is 2. The number of hydrogen-bond donors (Lipinski definition) is 0. The molecule has 4 nitrogen and oxygen atoms in total. The van der Waals surface area contributed by atoms with Crippen molar-refractivity contribution in [1.82, 2.24) is 0 Å². The van der Waals surface area contributed by atoms with E-state index in [1.165, 1.54) is 27.1 Å². The van der Waals surface area contributed by atoms with Crippen molar-refractivity contribution in [3.8, 4) is 0 Å². The van der Waals surface area contributed by atoms with Crippen molar-refractivity contribution in [2.24, 2.45) is 0 Å². The molecule has 0 saturated carbocycles. The second-order valence-corrected chi connectivity index (χ2v) is 4.09. The molecule has 2 rings (SSSR count). The van der Waals surface area contributed by atoms with E-state index in [-0.39, 0.29) is 0 Å². The Morgan fingerprint density at radius 2 is 1.88 bits per heavy atom. The Kier molecular flexibility index (Phi) is 10.7. The number of carbonyl (C=O) groups excluding carboxylic acids is 1. The molecule has 1 aliphatic heterocycles. The average Bonchev–Trinajstić information content (AvgIpc) is 3.03. The van der Waals surface area contributed by atoms with Gasteiger partial charge in [-0.3, -0.25) is 0 Å². The smallest absolute Gasteiger partial charge is 0.438 e. The van der Waals surface area contributed by atoms with Gasteiger partial charge in [-0.15, -0.1) is 0 Å². The van der Waals surface area contributed by atoms with E-state index in [0.29, 0.717) is 6.10 Å². The molecule has 1 saturated heterocycles. The molecule has 1 aliphatic rings. The molecule has 98 valence electrons. The third-order valence-electron chi connectivity index (χ3n) is 1.92. The van der Waals surface area contributed by atoms with Crippen molar-refractivity contribution in [2.75, 3.05) is 20.8 Å². The van der Waals surface area contributed by atoms with Gasteiger partial charge in [-0.1, -0.05) is 12.1 Å². The van der Waals surface area contributed by atoms with Crippen LogP contribution in [0.3, 0.4) is 0 Å². The zero-order valence-electron chi connectivity index (χ0n) is 10.5. The summed E-state index contributed by atoms with van der Waals surface area (Å²) in [6.45, 7) is 3.11. The molecule has 1 atom stereocenters. The van der Waals surface area contributed by atoms with E-state index in [4.69, 9.17) is 4.74 Å². The normalized spacial score (nSPS) is 17.0. The van der Waals surface area contributed by atoms with Gasteiger partial charge in [0.1, 0.15) is 0 Å².